The highest BCUT2D eigenvalue weighted by molar-refractivity contribution is 5.95. The number of nitrogens with one attached hydrogen (secondary N) is 1. The first-order valence-corrected chi connectivity index (χ1v) is 8.27. The van der Waals surface area contributed by atoms with Crippen LogP contribution in [0.25, 0.3) is 0 Å². The second kappa shape index (κ2) is 6.98. The van der Waals surface area contributed by atoms with Gasteiger partial charge in [0.1, 0.15) is 0 Å². The summed E-state index contributed by atoms with van der Waals surface area (Å²) in [5.41, 5.74) is 4.58. The molecular weight excluding hydrogens is 290 g/mol. The fourth-order valence-corrected chi connectivity index (χ4v) is 3.08. The molecule has 1 amide bonds. The Balaban J connectivity index is 2.18. The van der Waals surface area contributed by atoms with Crippen molar-refractivity contribution in [1.82, 2.24) is 24.9 Å². The Kier molecular flexibility index (Phi) is 5.23. The van der Waals surface area contributed by atoms with Crippen LogP contribution >= 0.6 is 0 Å². The van der Waals surface area contributed by atoms with Crippen molar-refractivity contribution in [3.8, 4) is 0 Å². The number of aryl methyl sites for hydroxylation is 4. The van der Waals surface area contributed by atoms with Crippen molar-refractivity contribution in [2.75, 3.05) is 0 Å². The van der Waals surface area contributed by atoms with Crippen LogP contribution in [0.2, 0.25) is 0 Å². The van der Waals surface area contributed by atoms with Crippen LogP contribution in [0, 0.1) is 20.8 Å². The van der Waals surface area contributed by atoms with Gasteiger partial charge in [-0.1, -0.05) is 6.92 Å². The molecule has 126 valence electrons. The van der Waals surface area contributed by atoms with Crippen molar-refractivity contribution >= 4 is 5.91 Å². The van der Waals surface area contributed by atoms with Crippen LogP contribution in [0.15, 0.2) is 6.20 Å². The van der Waals surface area contributed by atoms with E-state index >= 15 is 0 Å². The van der Waals surface area contributed by atoms with Crippen LogP contribution in [0.5, 0.6) is 0 Å². The zero-order valence-corrected chi connectivity index (χ0v) is 15.0. The number of aromatic nitrogens is 4. The van der Waals surface area contributed by atoms with Crippen molar-refractivity contribution in [3.63, 3.8) is 0 Å². The monoisotopic (exact) mass is 317 g/mol. The maximum atomic E-state index is 12.6. The zero-order valence-electron chi connectivity index (χ0n) is 15.0. The number of hydrogen-bond donors (Lipinski definition) is 1. The Morgan fingerprint density at radius 2 is 1.91 bits per heavy atom. The van der Waals surface area contributed by atoms with Gasteiger partial charge in [0.05, 0.1) is 23.0 Å². The fourth-order valence-electron chi connectivity index (χ4n) is 3.08. The summed E-state index contributed by atoms with van der Waals surface area (Å²) in [7, 11) is 0. The highest BCUT2D eigenvalue weighted by atomic mass is 16.1. The van der Waals surface area contributed by atoms with E-state index in [1.807, 2.05) is 43.3 Å². The van der Waals surface area contributed by atoms with Gasteiger partial charge in [0.15, 0.2) is 0 Å². The molecule has 0 aliphatic heterocycles. The molecule has 0 saturated heterocycles. The van der Waals surface area contributed by atoms with Gasteiger partial charge in [0.25, 0.3) is 5.91 Å². The molecule has 0 fully saturated rings. The minimum Gasteiger partial charge on any atom is -0.345 e. The third-order valence-electron chi connectivity index (χ3n) is 4.16. The van der Waals surface area contributed by atoms with E-state index in [1.54, 1.807) is 0 Å². The van der Waals surface area contributed by atoms with Crippen LogP contribution in [-0.2, 0) is 13.1 Å². The van der Waals surface area contributed by atoms with Gasteiger partial charge in [-0.2, -0.15) is 10.2 Å². The largest absolute Gasteiger partial charge is 0.345 e. The molecule has 0 saturated carbocycles. The second-order valence-corrected chi connectivity index (χ2v) is 5.99. The molecule has 0 unspecified atom stereocenters. The average molecular weight is 317 g/mol. The van der Waals surface area contributed by atoms with Gasteiger partial charge in [-0.3, -0.25) is 14.2 Å². The minimum atomic E-state index is -0.0864. The van der Waals surface area contributed by atoms with Gasteiger partial charge in [-0.05, 0) is 41.0 Å². The van der Waals surface area contributed by atoms with Crippen LogP contribution < -0.4 is 5.32 Å². The van der Waals surface area contributed by atoms with Crippen LogP contribution in [0.4, 0.5) is 0 Å². The molecule has 2 aromatic rings. The van der Waals surface area contributed by atoms with E-state index in [4.69, 9.17) is 0 Å². The van der Waals surface area contributed by atoms with Gasteiger partial charge >= 0.3 is 0 Å². The number of carbonyl (C=O) groups excluding carboxylic acids is 1. The molecule has 6 nitrogen and oxygen atoms in total. The summed E-state index contributed by atoms with van der Waals surface area (Å²) >= 11 is 0. The number of amides is 1. The van der Waals surface area contributed by atoms with E-state index in [0.717, 1.165) is 42.2 Å². The molecule has 2 rings (SSSR count). The number of nitrogens with zero attached hydrogens (tertiary/aromatic N) is 4. The third kappa shape index (κ3) is 3.46. The SMILES string of the molecule is CCCn1cc(C(=O)N[C@@H](C)c2c(C)nn(CC)c2C)c(C)n1. The number of hydrogen-bond acceptors (Lipinski definition) is 3. The Bertz CT molecular complexity index is 698. The van der Waals surface area contributed by atoms with Gasteiger partial charge < -0.3 is 5.32 Å². The van der Waals surface area contributed by atoms with Gasteiger partial charge in [0, 0.05) is 30.5 Å². The van der Waals surface area contributed by atoms with E-state index in [1.165, 1.54) is 0 Å². The van der Waals surface area contributed by atoms with E-state index in [9.17, 15) is 4.79 Å². The molecule has 0 aromatic carbocycles. The Hall–Kier alpha value is -2.11. The summed E-state index contributed by atoms with van der Waals surface area (Å²) in [6, 6.07) is -0.0864. The standard InChI is InChI=1S/C17H27N5O/c1-7-9-21-10-15(11(3)19-21)17(23)18-12(4)16-13(5)20-22(8-2)14(16)6/h10,12H,7-9H2,1-6H3,(H,18,23)/t12-/m0/s1. The maximum Gasteiger partial charge on any atom is 0.255 e. The summed E-state index contributed by atoms with van der Waals surface area (Å²) in [5, 5.41) is 12.0. The lowest BCUT2D eigenvalue weighted by atomic mass is 10.1. The quantitative estimate of drug-likeness (QED) is 0.891. The predicted octanol–water partition coefficient (Wildman–Crippen LogP) is 2.93. The van der Waals surface area contributed by atoms with Crippen LogP contribution in [0.1, 0.15) is 66.2 Å². The molecule has 0 aliphatic carbocycles. The fraction of sp³-hybridized carbons (Fsp3) is 0.588. The van der Waals surface area contributed by atoms with E-state index in [-0.39, 0.29) is 11.9 Å². The van der Waals surface area contributed by atoms with Crippen molar-refractivity contribution < 1.29 is 4.79 Å². The summed E-state index contributed by atoms with van der Waals surface area (Å²) in [6.07, 6.45) is 2.82. The molecule has 2 aromatic heterocycles. The summed E-state index contributed by atoms with van der Waals surface area (Å²) in [6.45, 7) is 13.7. The molecule has 1 N–H and O–H groups in total. The van der Waals surface area contributed by atoms with Crippen molar-refractivity contribution in [3.05, 3.63) is 34.4 Å². The average Bonchev–Trinajstić information content (AvgIpc) is 2.99. The summed E-state index contributed by atoms with van der Waals surface area (Å²) in [4.78, 5) is 12.6. The van der Waals surface area contributed by atoms with Crippen LogP contribution in [0.3, 0.4) is 0 Å². The van der Waals surface area contributed by atoms with Crippen LogP contribution in [-0.4, -0.2) is 25.5 Å². The highest BCUT2D eigenvalue weighted by Crippen LogP contribution is 2.22. The van der Waals surface area contributed by atoms with Gasteiger partial charge in [0.2, 0.25) is 0 Å². The number of rotatable bonds is 6. The Morgan fingerprint density at radius 1 is 1.22 bits per heavy atom. The molecule has 1 atom stereocenters. The first kappa shape index (κ1) is 17.2. The van der Waals surface area contributed by atoms with Crippen molar-refractivity contribution in [2.24, 2.45) is 0 Å². The molecule has 23 heavy (non-hydrogen) atoms. The predicted molar refractivity (Wildman–Crippen MR) is 90.5 cm³/mol. The van der Waals surface area contributed by atoms with Gasteiger partial charge in [-0.15, -0.1) is 0 Å². The smallest absolute Gasteiger partial charge is 0.255 e. The molecule has 0 aliphatic rings. The third-order valence-corrected chi connectivity index (χ3v) is 4.16. The molecular formula is C17H27N5O. The molecule has 2 heterocycles. The van der Waals surface area contributed by atoms with E-state index in [0.29, 0.717) is 5.56 Å². The topological polar surface area (TPSA) is 64.7 Å². The van der Waals surface area contributed by atoms with Crippen molar-refractivity contribution in [2.45, 2.75) is 67.1 Å². The molecule has 0 spiro atoms. The first-order valence-electron chi connectivity index (χ1n) is 8.27. The molecule has 0 bridgehead atoms. The Labute approximate surface area is 137 Å². The number of carbonyl (C=O) groups is 1. The minimum absolute atomic E-state index is 0.0830. The second-order valence-electron chi connectivity index (χ2n) is 5.99. The molecule has 0 radical (unpaired) electrons. The van der Waals surface area contributed by atoms with E-state index in [2.05, 4.69) is 29.4 Å². The zero-order chi connectivity index (χ0) is 17.1. The van der Waals surface area contributed by atoms with Gasteiger partial charge in [-0.25, -0.2) is 0 Å². The lowest BCUT2D eigenvalue weighted by Gasteiger charge is -2.14. The summed E-state index contributed by atoms with van der Waals surface area (Å²) in [5.74, 6) is -0.0830. The van der Waals surface area contributed by atoms with Crippen molar-refractivity contribution in [1.29, 1.82) is 0 Å². The normalized spacial score (nSPS) is 12.4. The maximum absolute atomic E-state index is 12.6. The lowest BCUT2D eigenvalue weighted by molar-refractivity contribution is 0.0939. The first-order chi connectivity index (χ1) is 10.9. The molecule has 6 heteroatoms. The van der Waals surface area contributed by atoms with E-state index < -0.39 is 0 Å². The lowest BCUT2D eigenvalue weighted by Crippen LogP contribution is -2.27. The Morgan fingerprint density at radius 3 is 2.48 bits per heavy atom. The summed E-state index contributed by atoms with van der Waals surface area (Å²) < 4.78 is 3.80. The highest BCUT2D eigenvalue weighted by Gasteiger charge is 2.21.